The first kappa shape index (κ1) is 35.2. The molecule has 216 valence electrons. The fourth-order valence-electron chi connectivity index (χ4n) is 3.35. The van der Waals surface area contributed by atoms with Crippen molar-refractivity contribution in [1.29, 1.82) is 0 Å². The number of rotatable bonds is 31. The molecular formula is C28H56O8. The van der Waals surface area contributed by atoms with Crippen LogP contribution < -0.4 is 0 Å². The zero-order chi connectivity index (χ0) is 26.2. The van der Waals surface area contributed by atoms with E-state index in [-0.39, 0.29) is 5.97 Å². The molecule has 0 unspecified atom stereocenters. The number of ether oxygens (including phenoxy) is 7. The second-order valence-electron chi connectivity index (χ2n) is 8.83. The van der Waals surface area contributed by atoms with E-state index >= 15 is 0 Å². The smallest absolute Gasteiger partial charge is 0.305 e. The molecule has 0 aromatic carbocycles. The molecular weight excluding hydrogens is 464 g/mol. The van der Waals surface area contributed by atoms with Crippen molar-refractivity contribution >= 4 is 5.97 Å². The topological polar surface area (TPSA) is 81.7 Å². The number of hydrogen-bond acceptors (Lipinski definition) is 8. The lowest BCUT2D eigenvalue weighted by atomic mass is 10.1. The van der Waals surface area contributed by atoms with Gasteiger partial charge in [0.05, 0.1) is 72.7 Å². The first-order chi connectivity index (χ1) is 17.8. The van der Waals surface area contributed by atoms with Gasteiger partial charge in [-0.2, -0.15) is 0 Å². The minimum atomic E-state index is -0.129. The van der Waals surface area contributed by atoms with Crippen LogP contribution in [-0.4, -0.2) is 91.9 Å². The zero-order valence-corrected chi connectivity index (χ0v) is 23.4. The molecule has 0 rings (SSSR count). The van der Waals surface area contributed by atoms with Gasteiger partial charge in [0.25, 0.3) is 0 Å². The second-order valence-corrected chi connectivity index (χ2v) is 8.83. The monoisotopic (exact) mass is 520 g/mol. The van der Waals surface area contributed by atoms with Gasteiger partial charge < -0.3 is 33.2 Å². The van der Waals surface area contributed by atoms with E-state index in [9.17, 15) is 4.79 Å². The molecule has 0 aromatic rings. The number of esters is 1. The summed E-state index contributed by atoms with van der Waals surface area (Å²) in [5.74, 6) is -0.129. The Balaban J connectivity index is 3.10. The Bertz CT molecular complexity index is 422. The van der Waals surface area contributed by atoms with Gasteiger partial charge in [-0.25, -0.2) is 0 Å². The molecule has 8 nitrogen and oxygen atoms in total. The zero-order valence-electron chi connectivity index (χ0n) is 23.4. The maximum atomic E-state index is 11.7. The predicted molar refractivity (Wildman–Crippen MR) is 143 cm³/mol. The van der Waals surface area contributed by atoms with E-state index in [0.717, 1.165) is 25.9 Å². The molecule has 8 heteroatoms. The van der Waals surface area contributed by atoms with E-state index < -0.39 is 0 Å². The summed E-state index contributed by atoms with van der Waals surface area (Å²) in [6.45, 7) is 11.4. The highest BCUT2D eigenvalue weighted by Crippen LogP contribution is 2.08. The van der Waals surface area contributed by atoms with Crippen LogP contribution in [0.4, 0.5) is 0 Å². The molecule has 0 saturated carbocycles. The fourth-order valence-corrected chi connectivity index (χ4v) is 3.35. The highest BCUT2D eigenvalue weighted by Gasteiger charge is 2.02. The summed E-state index contributed by atoms with van der Waals surface area (Å²) >= 11 is 0. The van der Waals surface area contributed by atoms with Gasteiger partial charge in [0.2, 0.25) is 0 Å². The quantitative estimate of drug-likeness (QED) is 0.0894. The van der Waals surface area contributed by atoms with Crippen molar-refractivity contribution in [3.05, 3.63) is 0 Å². The summed E-state index contributed by atoms with van der Waals surface area (Å²) < 4.78 is 38.0. The lowest BCUT2D eigenvalue weighted by Crippen LogP contribution is -2.15. The van der Waals surface area contributed by atoms with Crippen LogP contribution in [0.5, 0.6) is 0 Å². The maximum Gasteiger partial charge on any atom is 0.305 e. The van der Waals surface area contributed by atoms with Crippen molar-refractivity contribution < 1.29 is 38.0 Å². The molecule has 0 N–H and O–H groups in total. The Labute approximate surface area is 221 Å². The van der Waals surface area contributed by atoms with Crippen molar-refractivity contribution in [2.75, 3.05) is 85.9 Å². The van der Waals surface area contributed by atoms with Crippen molar-refractivity contribution in [3.63, 3.8) is 0 Å². The summed E-state index contributed by atoms with van der Waals surface area (Å²) in [4.78, 5) is 11.7. The highest BCUT2D eigenvalue weighted by atomic mass is 16.6. The van der Waals surface area contributed by atoms with Crippen molar-refractivity contribution in [1.82, 2.24) is 0 Å². The van der Waals surface area contributed by atoms with Crippen molar-refractivity contribution in [2.45, 2.75) is 90.9 Å². The lowest BCUT2D eigenvalue weighted by Gasteiger charge is -2.08. The van der Waals surface area contributed by atoms with Crippen LogP contribution in [0.15, 0.2) is 0 Å². The van der Waals surface area contributed by atoms with Crippen LogP contribution in [0.2, 0.25) is 0 Å². The number of hydrogen-bond donors (Lipinski definition) is 0. The van der Waals surface area contributed by atoms with Gasteiger partial charge >= 0.3 is 5.97 Å². The van der Waals surface area contributed by atoms with Gasteiger partial charge in [-0.15, -0.1) is 0 Å². The van der Waals surface area contributed by atoms with Gasteiger partial charge in [0.15, 0.2) is 0 Å². The Kier molecular flexibility index (Phi) is 31.6. The average Bonchev–Trinajstić information content (AvgIpc) is 2.88. The molecule has 0 atom stereocenters. The van der Waals surface area contributed by atoms with Gasteiger partial charge in [0, 0.05) is 13.0 Å². The van der Waals surface area contributed by atoms with E-state index in [1.54, 1.807) is 0 Å². The molecule has 0 radical (unpaired) electrons. The summed E-state index contributed by atoms with van der Waals surface area (Å²) in [5, 5.41) is 0. The maximum absolute atomic E-state index is 11.7. The Morgan fingerprint density at radius 2 is 0.722 bits per heavy atom. The molecule has 0 spiro atoms. The van der Waals surface area contributed by atoms with E-state index in [4.69, 9.17) is 33.2 Å². The Morgan fingerprint density at radius 3 is 1.17 bits per heavy atom. The molecule has 0 heterocycles. The van der Waals surface area contributed by atoms with E-state index in [1.165, 1.54) is 51.4 Å². The van der Waals surface area contributed by atoms with Crippen LogP contribution in [0, 0.1) is 0 Å². The summed E-state index contributed by atoms with van der Waals surface area (Å²) in [6.07, 6.45) is 13.8. The predicted octanol–water partition coefficient (Wildman–Crippen LogP) is 5.35. The largest absolute Gasteiger partial charge is 0.463 e. The molecule has 0 bridgehead atoms. The van der Waals surface area contributed by atoms with Crippen LogP contribution >= 0.6 is 0 Å². The van der Waals surface area contributed by atoms with E-state index in [0.29, 0.717) is 85.7 Å². The number of unbranched alkanes of at least 4 members (excludes halogenated alkanes) is 9. The third kappa shape index (κ3) is 31.3. The molecule has 0 aliphatic rings. The third-order valence-electron chi connectivity index (χ3n) is 5.48. The van der Waals surface area contributed by atoms with Crippen LogP contribution in [0.3, 0.4) is 0 Å². The third-order valence-corrected chi connectivity index (χ3v) is 5.48. The van der Waals surface area contributed by atoms with Gasteiger partial charge in [-0.3, -0.25) is 4.79 Å². The van der Waals surface area contributed by atoms with Crippen molar-refractivity contribution in [2.24, 2.45) is 0 Å². The normalized spacial score (nSPS) is 11.3. The highest BCUT2D eigenvalue weighted by molar-refractivity contribution is 5.69. The first-order valence-corrected chi connectivity index (χ1v) is 14.4. The molecule has 0 aromatic heterocycles. The van der Waals surface area contributed by atoms with Gasteiger partial charge in [-0.05, 0) is 12.8 Å². The number of carbonyl (C=O) groups is 1. The summed E-state index contributed by atoms with van der Waals surface area (Å²) in [6, 6.07) is 0. The summed E-state index contributed by atoms with van der Waals surface area (Å²) in [7, 11) is 0. The summed E-state index contributed by atoms with van der Waals surface area (Å²) in [5.41, 5.74) is 0. The van der Waals surface area contributed by atoms with Crippen LogP contribution in [0.25, 0.3) is 0 Å². The SMILES string of the molecule is CCCCCCCCCC(=O)OCCOCCOCCOCCOCCOCCOCCCCCC. The average molecular weight is 521 g/mol. The second kappa shape index (κ2) is 32.3. The Hall–Kier alpha value is -0.770. The van der Waals surface area contributed by atoms with Gasteiger partial charge in [0.1, 0.15) is 6.61 Å². The minimum absolute atomic E-state index is 0.129. The molecule has 0 aliphatic carbocycles. The first-order valence-electron chi connectivity index (χ1n) is 14.4. The van der Waals surface area contributed by atoms with Gasteiger partial charge in [-0.1, -0.05) is 71.6 Å². The molecule has 0 saturated heterocycles. The van der Waals surface area contributed by atoms with Crippen LogP contribution in [-0.2, 0) is 38.0 Å². The molecule has 0 amide bonds. The van der Waals surface area contributed by atoms with E-state index in [2.05, 4.69) is 13.8 Å². The number of carbonyl (C=O) groups excluding carboxylic acids is 1. The lowest BCUT2D eigenvalue weighted by molar-refractivity contribution is -0.145. The standard InChI is InChI=1S/C28H56O8/c1-3-5-7-9-10-11-12-14-28(29)36-27-26-35-25-24-34-23-22-33-21-20-32-19-18-31-17-16-30-15-13-8-6-4-2/h3-27H2,1-2H3. The molecule has 0 aliphatic heterocycles. The van der Waals surface area contributed by atoms with Crippen molar-refractivity contribution in [3.8, 4) is 0 Å². The van der Waals surface area contributed by atoms with E-state index in [1.807, 2.05) is 0 Å². The Morgan fingerprint density at radius 1 is 0.389 bits per heavy atom. The fraction of sp³-hybridized carbons (Fsp3) is 0.964. The van der Waals surface area contributed by atoms with Crippen LogP contribution in [0.1, 0.15) is 90.9 Å². The molecule has 0 fully saturated rings. The minimum Gasteiger partial charge on any atom is -0.463 e. The molecule has 36 heavy (non-hydrogen) atoms.